The fourth-order valence-corrected chi connectivity index (χ4v) is 2.65. The monoisotopic (exact) mass is 352 g/mol. The summed E-state index contributed by atoms with van der Waals surface area (Å²) in [5.41, 5.74) is 3.17. The van der Waals surface area contributed by atoms with E-state index in [2.05, 4.69) is 10.3 Å². The number of alkyl halides is 1. The molecule has 7 nitrogen and oxygen atoms in total. The molecular formula is C16H18F2N4O3. The molecule has 0 radical (unpaired) electrons. The highest BCUT2D eigenvalue weighted by Crippen LogP contribution is 2.25. The van der Waals surface area contributed by atoms with Crippen LogP contribution >= 0.6 is 0 Å². The number of aromatic nitrogens is 2. The number of hydrogen-bond donors (Lipinski definition) is 3. The van der Waals surface area contributed by atoms with Gasteiger partial charge in [0.25, 0.3) is 5.56 Å². The molecule has 9 heteroatoms. The lowest BCUT2D eigenvalue weighted by atomic mass is 9.90. The maximum absolute atomic E-state index is 14.0. The lowest BCUT2D eigenvalue weighted by Gasteiger charge is -2.36. The lowest BCUT2D eigenvalue weighted by molar-refractivity contribution is -0.0679. The van der Waals surface area contributed by atoms with Gasteiger partial charge in [0.2, 0.25) is 5.88 Å². The Bertz CT molecular complexity index is 812. The Morgan fingerprint density at radius 3 is 2.84 bits per heavy atom. The summed E-state index contributed by atoms with van der Waals surface area (Å²) in [7, 11) is 0. The molecule has 1 aromatic carbocycles. The number of hydrogen-bond acceptors (Lipinski definition) is 6. The predicted octanol–water partition coefficient (Wildman–Crippen LogP) is 0.819. The minimum atomic E-state index is -1.66. The standard InChI is InChI=1S/C16H18F2N4O3/c17-10-1-3-11(4-2-10)25-14-13(19)15(23)22(9-21-14)8-16(24)5-6-20-7-12(16)18/h1-4,9,12,20,24H,5-8,19H2/t12-,16+/m1/s1. The van der Waals surface area contributed by atoms with Crippen molar-refractivity contribution in [2.75, 3.05) is 18.8 Å². The van der Waals surface area contributed by atoms with Gasteiger partial charge in [-0.1, -0.05) is 0 Å². The molecule has 25 heavy (non-hydrogen) atoms. The SMILES string of the molecule is Nc1c(Oc2ccc(F)cc2)ncn(C[C@@]2(O)CCNC[C@H]2F)c1=O. The maximum atomic E-state index is 14.0. The summed E-state index contributed by atoms with van der Waals surface area (Å²) >= 11 is 0. The maximum Gasteiger partial charge on any atom is 0.280 e. The molecule has 4 N–H and O–H groups in total. The molecule has 0 amide bonds. The van der Waals surface area contributed by atoms with E-state index in [0.29, 0.717) is 6.54 Å². The van der Waals surface area contributed by atoms with Crippen LogP contribution in [0, 0.1) is 5.82 Å². The van der Waals surface area contributed by atoms with Gasteiger partial charge < -0.3 is 20.9 Å². The van der Waals surface area contributed by atoms with Crippen molar-refractivity contribution in [1.29, 1.82) is 0 Å². The van der Waals surface area contributed by atoms with Gasteiger partial charge in [0.15, 0.2) is 5.69 Å². The van der Waals surface area contributed by atoms with Crippen LogP contribution in [0.15, 0.2) is 35.4 Å². The van der Waals surface area contributed by atoms with Crippen LogP contribution < -0.4 is 21.3 Å². The third-order valence-corrected chi connectivity index (χ3v) is 4.15. The minimum Gasteiger partial charge on any atom is -0.437 e. The summed E-state index contributed by atoms with van der Waals surface area (Å²) in [6, 6.07) is 5.13. The molecule has 2 heterocycles. The average molecular weight is 352 g/mol. The number of rotatable bonds is 4. The molecule has 0 unspecified atom stereocenters. The van der Waals surface area contributed by atoms with E-state index in [1.165, 1.54) is 24.3 Å². The van der Waals surface area contributed by atoms with Gasteiger partial charge in [0, 0.05) is 6.54 Å². The topological polar surface area (TPSA) is 102 Å². The number of ether oxygens (including phenoxy) is 1. The fraction of sp³-hybridized carbons (Fsp3) is 0.375. The Morgan fingerprint density at radius 1 is 1.44 bits per heavy atom. The van der Waals surface area contributed by atoms with Crippen LogP contribution in [0.4, 0.5) is 14.5 Å². The molecule has 134 valence electrons. The van der Waals surface area contributed by atoms with E-state index >= 15 is 0 Å². The van der Waals surface area contributed by atoms with Crippen LogP contribution in [0.1, 0.15) is 6.42 Å². The van der Waals surface area contributed by atoms with E-state index in [9.17, 15) is 18.7 Å². The van der Waals surface area contributed by atoms with Gasteiger partial charge in [-0.25, -0.2) is 13.8 Å². The van der Waals surface area contributed by atoms with Crippen LogP contribution in [-0.2, 0) is 6.54 Å². The summed E-state index contributed by atoms with van der Waals surface area (Å²) in [5, 5.41) is 13.3. The summed E-state index contributed by atoms with van der Waals surface area (Å²) < 4.78 is 33.4. The molecule has 0 bridgehead atoms. The van der Waals surface area contributed by atoms with Crippen LogP contribution in [0.5, 0.6) is 11.6 Å². The minimum absolute atomic E-state index is 0.0138. The molecule has 3 rings (SSSR count). The number of nitrogens with one attached hydrogen (secondary N) is 1. The smallest absolute Gasteiger partial charge is 0.280 e. The predicted molar refractivity (Wildman–Crippen MR) is 86.7 cm³/mol. The van der Waals surface area contributed by atoms with Crippen LogP contribution in [0.25, 0.3) is 0 Å². The number of piperidine rings is 1. The number of nitrogens with zero attached hydrogens (tertiary/aromatic N) is 2. The van der Waals surface area contributed by atoms with Crippen LogP contribution in [0.2, 0.25) is 0 Å². The first-order valence-corrected chi connectivity index (χ1v) is 7.74. The summed E-state index contributed by atoms with van der Waals surface area (Å²) in [6.07, 6.45) is -0.206. The van der Waals surface area contributed by atoms with Crippen molar-refractivity contribution in [2.45, 2.75) is 24.7 Å². The molecule has 0 aliphatic carbocycles. The Morgan fingerprint density at radius 2 is 2.16 bits per heavy atom. The van der Waals surface area contributed by atoms with Gasteiger partial charge in [0.05, 0.1) is 6.54 Å². The Labute approximate surface area is 142 Å². The van der Waals surface area contributed by atoms with Crippen molar-refractivity contribution in [1.82, 2.24) is 14.9 Å². The Kier molecular flexibility index (Phi) is 4.69. The first kappa shape index (κ1) is 17.3. The van der Waals surface area contributed by atoms with Gasteiger partial charge in [-0.2, -0.15) is 0 Å². The second-order valence-corrected chi connectivity index (χ2v) is 5.98. The third kappa shape index (κ3) is 3.62. The van der Waals surface area contributed by atoms with Crippen molar-refractivity contribution in [2.24, 2.45) is 0 Å². The third-order valence-electron chi connectivity index (χ3n) is 4.15. The number of benzene rings is 1. The van der Waals surface area contributed by atoms with Gasteiger partial charge >= 0.3 is 0 Å². The van der Waals surface area contributed by atoms with Crippen molar-refractivity contribution >= 4 is 5.69 Å². The quantitative estimate of drug-likeness (QED) is 0.753. The van der Waals surface area contributed by atoms with Crippen molar-refractivity contribution in [3.05, 3.63) is 46.8 Å². The van der Waals surface area contributed by atoms with E-state index in [0.717, 1.165) is 10.9 Å². The second-order valence-electron chi connectivity index (χ2n) is 5.98. The van der Waals surface area contributed by atoms with Crippen LogP contribution in [0.3, 0.4) is 0 Å². The highest BCUT2D eigenvalue weighted by atomic mass is 19.1. The molecule has 2 atom stereocenters. The molecule has 1 fully saturated rings. The number of nitrogens with two attached hydrogens (primary N) is 1. The van der Waals surface area contributed by atoms with Crippen molar-refractivity contribution in [3.8, 4) is 11.6 Å². The van der Waals surface area contributed by atoms with E-state index in [1.54, 1.807) is 0 Å². The zero-order valence-electron chi connectivity index (χ0n) is 13.3. The number of halogens is 2. The fourth-order valence-electron chi connectivity index (χ4n) is 2.65. The highest BCUT2D eigenvalue weighted by Gasteiger charge is 2.40. The van der Waals surface area contributed by atoms with E-state index in [-0.39, 0.29) is 36.8 Å². The van der Waals surface area contributed by atoms with E-state index in [4.69, 9.17) is 10.5 Å². The van der Waals surface area contributed by atoms with E-state index < -0.39 is 23.1 Å². The first-order chi connectivity index (χ1) is 11.9. The average Bonchev–Trinajstić information content (AvgIpc) is 2.59. The molecule has 0 spiro atoms. The molecule has 0 saturated carbocycles. The van der Waals surface area contributed by atoms with Crippen molar-refractivity contribution < 1.29 is 18.6 Å². The number of aliphatic hydroxyl groups is 1. The second kappa shape index (κ2) is 6.77. The Balaban J connectivity index is 1.83. The highest BCUT2D eigenvalue weighted by molar-refractivity contribution is 5.47. The number of nitrogen functional groups attached to an aromatic ring is 1. The van der Waals surface area contributed by atoms with Gasteiger partial charge in [-0.15, -0.1) is 0 Å². The van der Waals surface area contributed by atoms with Gasteiger partial charge in [-0.3, -0.25) is 9.36 Å². The largest absolute Gasteiger partial charge is 0.437 e. The van der Waals surface area contributed by atoms with Crippen LogP contribution in [-0.4, -0.2) is 39.5 Å². The van der Waals surface area contributed by atoms with Gasteiger partial charge in [-0.05, 0) is 37.2 Å². The molecule has 1 saturated heterocycles. The Hall–Kier alpha value is -2.52. The normalized spacial score (nSPS) is 23.4. The zero-order valence-corrected chi connectivity index (χ0v) is 13.3. The summed E-state index contributed by atoms with van der Waals surface area (Å²) in [6.45, 7) is 0.197. The number of anilines is 1. The summed E-state index contributed by atoms with van der Waals surface area (Å²) in [4.78, 5) is 16.3. The molecule has 1 aromatic heterocycles. The van der Waals surface area contributed by atoms with Gasteiger partial charge in [0.1, 0.15) is 29.7 Å². The molecule has 1 aliphatic rings. The van der Waals surface area contributed by atoms with Crippen molar-refractivity contribution in [3.63, 3.8) is 0 Å². The zero-order chi connectivity index (χ0) is 18.0. The molecule has 2 aromatic rings. The van der Waals surface area contributed by atoms with E-state index in [1.807, 2.05) is 0 Å². The lowest BCUT2D eigenvalue weighted by Crippen LogP contribution is -2.55. The summed E-state index contributed by atoms with van der Waals surface area (Å²) in [5.74, 6) is -0.305. The molecular weight excluding hydrogens is 334 g/mol. The molecule has 1 aliphatic heterocycles. The first-order valence-electron chi connectivity index (χ1n) is 7.74.